The summed E-state index contributed by atoms with van der Waals surface area (Å²) in [6.45, 7) is 4.93. The molecule has 0 spiro atoms. The van der Waals surface area contributed by atoms with Crippen LogP contribution in [0.1, 0.15) is 25.0 Å². The van der Waals surface area contributed by atoms with Gasteiger partial charge in [-0.1, -0.05) is 31.2 Å². The van der Waals surface area contributed by atoms with Crippen LogP contribution in [-0.4, -0.2) is 6.21 Å². The Labute approximate surface area is 74.2 Å². The highest BCUT2D eigenvalue weighted by Crippen LogP contribution is 2.06. The van der Waals surface area contributed by atoms with E-state index >= 15 is 0 Å². The molecule has 0 unspecified atom stereocenters. The molecule has 0 heterocycles. The molecule has 0 saturated carbocycles. The van der Waals surface area contributed by atoms with Crippen LogP contribution in [0.3, 0.4) is 0 Å². The Morgan fingerprint density at radius 2 is 2.08 bits per heavy atom. The van der Waals surface area contributed by atoms with Crippen molar-refractivity contribution in [3.05, 3.63) is 35.4 Å². The first-order chi connectivity index (χ1) is 5.86. The lowest BCUT2D eigenvalue weighted by atomic mass is 10.1. The van der Waals surface area contributed by atoms with Crippen LogP contribution in [-0.2, 0) is 13.0 Å². The van der Waals surface area contributed by atoms with Crippen molar-refractivity contribution in [3.8, 4) is 0 Å². The Bertz CT molecular complexity index is 263. The highest BCUT2D eigenvalue weighted by molar-refractivity contribution is 5.53. The van der Waals surface area contributed by atoms with Crippen molar-refractivity contribution in [1.82, 2.24) is 0 Å². The third-order valence-electron chi connectivity index (χ3n) is 1.86. The van der Waals surface area contributed by atoms with E-state index in [9.17, 15) is 0 Å². The molecule has 64 valence electrons. The molecule has 0 aromatic heterocycles. The van der Waals surface area contributed by atoms with Crippen LogP contribution in [0.2, 0.25) is 0 Å². The number of benzene rings is 1. The van der Waals surface area contributed by atoms with Gasteiger partial charge in [-0.05, 0) is 30.7 Å². The van der Waals surface area contributed by atoms with Gasteiger partial charge in [0.05, 0.1) is 6.54 Å². The average molecular weight is 161 g/mol. The topological polar surface area (TPSA) is 12.4 Å². The second-order valence-corrected chi connectivity index (χ2v) is 2.77. The molecule has 0 saturated heterocycles. The van der Waals surface area contributed by atoms with Gasteiger partial charge in [-0.15, -0.1) is 0 Å². The van der Waals surface area contributed by atoms with Gasteiger partial charge < -0.3 is 0 Å². The fraction of sp³-hybridized carbons (Fsp3) is 0.364. The minimum absolute atomic E-state index is 0.810. The molecule has 0 bridgehead atoms. The molecule has 0 atom stereocenters. The number of aryl methyl sites for hydroxylation is 1. The quantitative estimate of drug-likeness (QED) is 0.604. The molecule has 0 aliphatic rings. The summed E-state index contributed by atoms with van der Waals surface area (Å²) in [6.07, 6.45) is 2.95. The van der Waals surface area contributed by atoms with Crippen molar-refractivity contribution in [2.24, 2.45) is 4.99 Å². The van der Waals surface area contributed by atoms with Crippen LogP contribution >= 0.6 is 0 Å². The van der Waals surface area contributed by atoms with Crippen LogP contribution in [0.25, 0.3) is 0 Å². The summed E-state index contributed by atoms with van der Waals surface area (Å²) < 4.78 is 0. The molecule has 0 N–H and O–H groups in total. The number of rotatable bonds is 3. The largest absolute Gasteiger partial charge is 0.293 e. The van der Waals surface area contributed by atoms with Crippen LogP contribution in [0.15, 0.2) is 29.3 Å². The molecule has 0 aliphatic carbocycles. The Kier molecular flexibility index (Phi) is 3.52. The summed E-state index contributed by atoms with van der Waals surface area (Å²) in [4.78, 5) is 4.19. The van der Waals surface area contributed by atoms with Crippen LogP contribution in [0, 0.1) is 0 Å². The molecule has 1 aromatic carbocycles. The van der Waals surface area contributed by atoms with E-state index in [0.29, 0.717) is 0 Å². The molecule has 0 aliphatic heterocycles. The second kappa shape index (κ2) is 4.70. The van der Waals surface area contributed by atoms with Gasteiger partial charge in [0.1, 0.15) is 0 Å². The summed E-state index contributed by atoms with van der Waals surface area (Å²) in [5.74, 6) is 0. The molecule has 0 radical (unpaired) electrons. The lowest BCUT2D eigenvalue weighted by Gasteiger charge is -1.99. The maximum absolute atomic E-state index is 4.19. The van der Waals surface area contributed by atoms with Crippen molar-refractivity contribution in [1.29, 1.82) is 0 Å². The van der Waals surface area contributed by atoms with Crippen molar-refractivity contribution >= 4 is 6.21 Å². The van der Waals surface area contributed by atoms with Gasteiger partial charge in [-0.3, -0.25) is 4.99 Å². The maximum atomic E-state index is 4.19. The van der Waals surface area contributed by atoms with Crippen molar-refractivity contribution in [2.75, 3.05) is 0 Å². The van der Waals surface area contributed by atoms with Crippen LogP contribution < -0.4 is 0 Å². The normalized spacial score (nSPS) is 10.8. The van der Waals surface area contributed by atoms with E-state index in [2.05, 4.69) is 36.2 Å². The van der Waals surface area contributed by atoms with Crippen LogP contribution in [0.4, 0.5) is 0 Å². The number of aliphatic imine (C=N–C) groups is 1. The van der Waals surface area contributed by atoms with Gasteiger partial charge in [0.15, 0.2) is 0 Å². The Morgan fingerprint density at radius 3 is 2.75 bits per heavy atom. The Morgan fingerprint density at radius 1 is 1.33 bits per heavy atom. The number of hydrogen-bond acceptors (Lipinski definition) is 1. The van der Waals surface area contributed by atoms with Crippen LogP contribution in [0.5, 0.6) is 0 Å². The molecule has 0 fully saturated rings. The van der Waals surface area contributed by atoms with E-state index in [-0.39, 0.29) is 0 Å². The lowest BCUT2D eigenvalue weighted by Crippen LogP contribution is -1.85. The zero-order valence-corrected chi connectivity index (χ0v) is 7.75. The number of hydrogen-bond donors (Lipinski definition) is 0. The minimum Gasteiger partial charge on any atom is -0.293 e. The summed E-state index contributed by atoms with van der Waals surface area (Å²) in [5.41, 5.74) is 2.69. The zero-order valence-electron chi connectivity index (χ0n) is 7.75. The highest BCUT2D eigenvalue weighted by atomic mass is 14.7. The zero-order chi connectivity index (χ0) is 8.81. The fourth-order valence-corrected chi connectivity index (χ4v) is 1.14. The molecule has 1 nitrogen and oxygen atoms in total. The van der Waals surface area contributed by atoms with Gasteiger partial charge in [-0.25, -0.2) is 0 Å². The minimum atomic E-state index is 0.810. The predicted molar refractivity (Wildman–Crippen MR) is 53.7 cm³/mol. The molecule has 1 rings (SSSR count). The third kappa shape index (κ3) is 2.50. The van der Waals surface area contributed by atoms with E-state index in [4.69, 9.17) is 0 Å². The van der Waals surface area contributed by atoms with Gasteiger partial charge in [0.25, 0.3) is 0 Å². The molecule has 12 heavy (non-hydrogen) atoms. The maximum Gasteiger partial charge on any atom is 0.0635 e. The molecule has 1 aromatic rings. The highest BCUT2D eigenvalue weighted by Gasteiger charge is 1.91. The fourth-order valence-electron chi connectivity index (χ4n) is 1.14. The van der Waals surface area contributed by atoms with Gasteiger partial charge in [-0.2, -0.15) is 0 Å². The van der Waals surface area contributed by atoms with E-state index in [1.807, 2.05) is 13.1 Å². The lowest BCUT2D eigenvalue weighted by molar-refractivity contribution is 1.05. The first kappa shape index (κ1) is 8.98. The average Bonchev–Trinajstić information content (AvgIpc) is 2.15. The summed E-state index contributed by atoms with van der Waals surface area (Å²) in [6, 6.07) is 8.58. The standard InChI is InChI=1S/C11H15N/c1-3-10-6-5-7-11(8-10)9-12-4-2/h4-8H,3,9H2,1-2H3. The first-order valence-corrected chi connectivity index (χ1v) is 4.39. The van der Waals surface area contributed by atoms with E-state index in [1.54, 1.807) is 0 Å². The van der Waals surface area contributed by atoms with Gasteiger partial charge in [0, 0.05) is 0 Å². The van der Waals surface area contributed by atoms with Crippen molar-refractivity contribution < 1.29 is 0 Å². The van der Waals surface area contributed by atoms with Crippen molar-refractivity contribution in [3.63, 3.8) is 0 Å². The van der Waals surface area contributed by atoms with E-state index in [0.717, 1.165) is 13.0 Å². The van der Waals surface area contributed by atoms with Gasteiger partial charge >= 0.3 is 0 Å². The van der Waals surface area contributed by atoms with Crippen molar-refractivity contribution in [2.45, 2.75) is 26.8 Å². The Hall–Kier alpha value is -1.11. The molecular weight excluding hydrogens is 146 g/mol. The summed E-state index contributed by atoms with van der Waals surface area (Å²) >= 11 is 0. The third-order valence-corrected chi connectivity index (χ3v) is 1.86. The Balaban J connectivity index is 2.72. The molecule has 0 amide bonds. The first-order valence-electron chi connectivity index (χ1n) is 4.39. The SMILES string of the molecule is CC=NCc1cccc(CC)c1. The van der Waals surface area contributed by atoms with E-state index < -0.39 is 0 Å². The summed E-state index contributed by atoms with van der Waals surface area (Å²) in [7, 11) is 0. The predicted octanol–water partition coefficient (Wildman–Crippen LogP) is 2.84. The van der Waals surface area contributed by atoms with Gasteiger partial charge in [0.2, 0.25) is 0 Å². The summed E-state index contributed by atoms with van der Waals surface area (Å²) in [5, 5.41) is 0. The molecule has 1 heteroatoms. The monoisotopic (exact) mass is 161 g/mol. The number of nitrogens with zero attached hydrogens (tertiary/aromatic N) is 1. The molecular formula is C11H15N. The smallest absolute Gasteiger partial charge is 0.0635 e. The second-order valence-electron chi connectivity index (χ2n) is 2.77. The van der Waals surface area contributed by atoms with E-state index in [1.165, 1.54) is 11.1 Å².